The molecule has 1 aromatic rings. The van der Waals surface area contributed by atoms with Crippen LogP contribution in [0.3, 0.4) is 0 Å². The summed E-state index contributed by atoms with van der Waals surface area (Å²) in [5.41, 5.74) is 3.19. The van der Waals surface area contributed by atoms with Crippen molar-refractivity contribution < 1.29 is 55.5 Å². The van der Waals surface area contributed by atoms with E-state index in [2.05, 4.69) is 151 Å². The zero-order valence-corrected chi connectivity index (χ0v) is 58.4. The smallest absolute Gasteiger partial charge is 0.193 e. The maximum absolute atomic E-state index is 15.8. The Labute approximate surface area is 513 Å². The van der Waals surface area contributed by atoms with Gasteiger partial charge in [-0.25, -0.2) is 8.42 Å². The second kappa shape index (κ2) is 28.8. The summed E-state index contributed by atoms with van der Waals surface area (Å²) in [5, 5.41) is 11.9. The first-order valence-electron chi connectivity index (χ1n) is 31.9. The Balaban J connectivity index is 1.15. The van der Waals surface area contributed by atoms with Crippen LogP contribution in [0.4, 0.5) is 0 Å². The predicted molar refractivity (Wildman–Crippen MR) is 343 cm³/mol. The summed E-state index contributed by atoms with van der Waals surface area (Å²) in [6, 6.07) is 7.29. The summed E-state index contributed by atoms with van der Waals surface area (Å²) in [6.07, 6.45) is 8.02. The Morgan fingerprint density at radius 3 is 2.06 bits per heavy atom. The molecule has 19 atom stereocenters. The fourth-order valence-corrected chi connectivity index (χ4v) is 18.6. The standard InChI is InChI=1S/C66H111IO12SSi2/c1-19-41(3)36-56-45(7)60(58(76-56)40-57-44(6)42(4)37-48(74-57)24-29-53-43(5)38-49(73-53)26-31-59-71-34-21-35-72-59)64(80(69,70)51-27-22-47(20-2)23-28-51)52(68)39-50-25-30-54-61(75-50)46(8)62(79-82(17,18)66(12,13)14)63(77-54)55(32-33-67)78-81(15,16)65(9,10)11/h22-23,27-28,32-33,41-42,45-46,48-50,52-64,68H,5-6,19-21,24-26,29-31,34-40H2,1-4,7-18H3/b33-32+/t41-,42-,45+,46+,48+,49+,50-,52?,53+,54+,55+,56-,57-,58+,60-,61-,62+,63+,64?/m1/s1. The van der Waals surface area contributed by atoms with Crippen LogP contribution in [0.5, 0.6) is 0 Å². The minimum absolute atomic E-state index is 0.0137. The minimum Gasteiger partial charge on any atom is -0.411 e. The van der Waals surface area contributed by atoms with Gasteiger partial charge in [0.15, 0.2) is 32.8 Å². The molecule has 1 N–H and O–H groups in total. The summed E-state index contributed by atoms with van der Waals surface area (Å²) in [7, 11) is -8.79. The summed E-state index contributed by atoms with van der Waals surface area (Å²) >= 11 is 2.30. The third-order valence-corrected chi connectivity index (χ3v) is 32.6. The summed E-state index contributed by atoms with van der Waals surface area (Å²) in [6.45, 7) is 46.5. The van der Waals surface area contributed by atoms with E-state index in [1.807, 2.05) is 16.2 Å². The zero-order chi connectivity index (χ0) is 60.3. The van der Waals surface area contributed by atoms with Crippen LogP contribution in [0.15, 0.2) is 63.6 Å². The molecular weight excluding hydrogens is 1200 g/mol. The first-order chi connectivity index (χ1) is 38.4. The van der Waals surface area contributed by atoms with Gasteiger partial charge in [0.1, 0.15) is 6.10 Å². The molecule has 82 heavy (non-hydrogen) atoms. The van der Waals surface area contributed by atoms with Crippen LogP contribution in [0, 0.1) is 29.6 Å². The molecular formula is C66H111IO12SSi2. The van der Waals surface area contributed by atoms with E-state index in [9.17, 15) is 5.11 Å². The number of aliphatic hydroxyl groups is 1. The number of ether oxygens (including phenoxy) is 7. The first kappa shape index (κ1) is 68.6. The average Bonchev–Trinajstić information content (AvgIpc) is 3.84. The molecule has 12 nitrogen and oxygen atoms in total. The maximum Gasteiger partial charge on any atom is 0.193 e. The van der Waals surface area contributed by atoms with Gasteiger partial charge in [0.25, 0.3) is 0 Å². The van der Waals surface area contributed by atoms with Gasteiger partial charge < -0.3 is 47.1 Å². The Morgan fingerprint density at radius 1 is 0.793 bits per heavy atom. The molecule has 1 aromatic carbocycles. The molecule has 0 bridgehead atoms. The third kappa shape index (κ3) is 16.5. The summed E-state index contributed by atoms with van der Waals surface area (Å²) in [5.74, 6) is -0.277. The van der Waals surface area contributed by atoms with Crippen LogP contribution in [0.1, 0.15) is 172 Å². The molecule has 6 aliphatic heterocycles. The SMILES string of the molecule is C=C1C[C@H](CCC2OCCCO2)O[C@H]1CC[C@H]1C[C@@H](C)C(=C)[C@@H](C[C@@H]2O[C@H](C[C@H](C)CC)[C@H](C)[C@H]2C(C(O)C[C@H]2CC[C@@H]3O[C@@H]([C@H](/C=C/I)O[Si](C)(C)C(C)(C)C)[C@@H](O[Si](C)(C)C(C)(C)C)[C@@H](C)[C@H]3O2)S(=O)(=O)c2ccc(CC)cc2)O1. The molecule has 468 valence electrons. The highest BCUT2D eigenvalue weighted by atomic mass is 127. The van der Waals surface area contributed by atoms with Crippen molar-refractivity contribution in [3.8, 4) is 0 Å². The van der Waals surface area contributed by atoms with Gasteiger partial charge in [0.05, 0.1) is 96.6 Å². The van der Waals surface area contributed by atoms with Crippen molar-refractivity contribution in [2.75, 3.05) is 13.2 Å². The van der Waals surface area contributed by atoms with E-state index in [0.717, 1.165) is 94.1 Å². The fourth-order valence-electron chi connectivity index (χ4n) is 13.4. The van der Waals surface area contributed by atoms with Crippen LogP contribution in [-0.4, -0.2) is 134 Å². The van der Waals surface area contributed by atoms with Gasteiger partial charge in [0.2, 0.25) is 0 Å². The Bertz CT molecular complexity index is 2360. The largest absolute Gasteiger partial charge is 0.411 e. The van der Waals surface area contributed by atoms with E-state index < -0.39 is 56.0 Å². The molecule has 0 aliphatic carbocycles. The molecule has 6 heterocycles. The van der Waals surface area contributed by atoms with Crippen molar-refractivity contribution in [3.63, 3.8) is 0 Å². The fraction of sp³-hybridized carbons (Fsp3) is 0.818. The molecule has 16 heteroatoms. The van der Waals surface area contributed by atoms with E-state index in [1.165, 1.54) is 0 Å². The van der Waals surface area contributed by atoms with Gasteiger partial charge in [-0.15, -0.1) is 0 Å². The number of fused-ring (bicyclic) bond motifs is 1. The van der Waals surface area contributed by atoms with E-state index in [0.29, 0.717) is 25.2 Å². The minimum atomic E-state index is -4.17. The number of aliphatic hydroxyl groups excluding tert-OH is 1. The lowest BCUT2D eigenvalue weighted by Crippen LogP contribution is -2.64. The maximum atomic E-state index is 15.8. The monoisotopic (exact) mass is 1310 g/mol. The zero-order valence-electron chi connectivity index (χ0n) is 53.5. The van der Waals surface area contributed by atoms with E-state index >= 15 is 8.42 Å². The highest BCUT2D eigenvalue weighted by Crippen LogP contribution is 2.49. The van der Waals surface area contributed by atoms with Gasteiger partial charge in [-0.05, 0) is 157 Å². The highest BCUT2D eigenvalue weighted by molar-refractivity contribution is 14.1. The van der Waals surface area contributed by atoms with Crippen molar-refractivity contribution >= 4 is 49.1 Å². The summed E-state index contributed by atoms with van der Waals surface area (Å²) in [4.78, 5) is 0.219. The van der Waals surface area contributed by atoms with Crippen molar-refractivity contribution in [2.45, 2.75) is 305 Å². The molecule has 0 spiro atoms. The van der Waals surface area contributed by atoms with E-state index in [-0.39, 0.29) is 106 Å². The topological polar surface area (TPSA) is 137 Å². The number of halogens is 1. The molecule has 6 aliphatic rings. The molecule has 6 fully saturated rings. The van der Waals surface area contributed by atoms with Gasteiger partial charge in [-0.2, -0.15) is 0 Å². The van der Waals surface area contributed by atoms with Crippen LogP contribution < -0.4 is 0 Å². The van der Waals surface area contributed by atoms with E-state index in [4.69, 9.17) is 42.0 Å². The number of hydrogen-bond donors (Lipinski definition) is 1. The van der Waals surface area contributed by atoms with Crippen LogP contribution in [-0.2, 0) is 58.3 Å². The van der Waals surface area contributed by atoms with Crippen LogP contribution in [0.2, 0.25) is 36.3 Å². The molecule has 0 amide bonds. The van der Waals surface area contributed by atoms with E-state index in [1.54, 1.807) is 12.1 Å². The number of rotatable bonds is 24. The number of hydrogen-bond acceptors (Lipinski definition) is 12. The molecule has 2 unspecified atom stereocenters. The lowest BCUT2D eigenvalue weighted by atomic mass is 9.77. The third-order valence-electron chi connectivity index (χ3n) is 21.0. The second-order valence-electron chi connectivity index (χ2n) is 29.0. The predicted octanol–water partition coefficient (Wildman–Crippen LogP) is 15.1. The number of sulfone groups is 1. The lowest BCUT2D eigenvalue weighted by Gasteiger charge is -2.54. The molecule has 7 rings (SSSR count). The normalized spacial score (nSPS) is 34.5. The molecule has 0 radical (unpaired) electrons. The van der Waals surface area contributed by atoms with Crippen LogP contribution in [0.25, 0.3) is 0 Å². The van der Waals surface area contributed by atoms with Gasteiger partial charge in [-0.3, -0.25) is 0 Å². The Hall–Kier alpha value is -0.846. The number of benzene rings is 1. The highest BCUT2D eigenvalue weighted by Gasteiger charge is 2.57. The average molecular weight is 1310 g/mol. The van der Waals surface area contributed by atoms with Crippen LogP contribution >= 0.6 is 22.6 Å². The van der Waals surface area contributed by atoms with Crippen molar-refractivity contribution in [2.24, 2.45) is 29.6 Å². The summed E-state index contributed by atoms with van der Waals surface area (Å²) < 4.78 is 95.4. The number of aryl methyl sites for hydroxylation is 1. The van der Waals surface area contributed by atoms with Gasteiger partial charge in [-0.1, -0.05) is 137 Å². The quantitative estimate of drug-likeness (QED) is 0.0599. The Morgan fingerprint density at radius 2 is 1.44 bits per heavy atom. The van der Waals surface area contributed by atoms with Gasteiger partial charge in [0, 0.05) is 31.1 Å². The van der Waals surface area contributed by atoms with Crippen molar-refractivity contribution in [3.05, 3.63) is 64.3 Å². The second-order valence-corrected chi connectivity index (χ2v) is 41.3. The Kier molecular flexibility index (Phi) is 24.1. The molecule has 6 saturated heterocycles. The lowest BCUT2D eigenvalue weighted by molar-refractivity contribution is -0.253. The molecule has 0 aromatic heterocycles. The van der Waals surface area contributed by atoms with Gasteiger partial charge >= 0.3 is 0 Å². The van der Waals surface area contributed by atoms with Crippen molar-refractivity contribution in [1.82, 2.24) is 0 Å². The van der Waals surface area contributed by atoms with Crippen molar-refractivity contribution in [1.29, 1.82) is 0 Å². The molecule has 0 saturated carbocycles. The first-order valence-corrected chi connectivity index (χ1v) is 40.5.